The van der Waals surface area contributed by atoms with E-state index < -0.39 is 6.10 Å². The number of carbonyl (C=O) groups is 1. The summed E-state index contributed by atoms with van der Waals surface area (Å²) in [5.74, 6) is 0.156. The highest BCUT2D eigenvalue weighted by atomic mass is 35.5. The van der Waals surface area contributed by atoms with Crippen molar-refractivity contribution in [1.82, 2.24) is 0 Å². The summed E-state index contributed by atoms with van der Waals surface area (Å²) in [5, 5.41) is 3.63. The highest BCUT2D eigenvalue weighted by Gasteiger charge is 2.15. The molecule has 0 bridgehead atoms. The van der Waals surface area contributed by atoms with Gasteiger partial charge < -0.3 is 15.8 Å². The molecule has 1 amide bonds. The number of hydrogen-bond donors (Lipinski definition) is 2. The largest absolute Gasteiger partial charge is 0.481 e. The summed E-state index contributed by atoms with van der Waals surface area (Å²) < 4.78 is 5.53. The zero-order valence-electron chi connectivity index (χ0n) is 11.3. The third kappa shape index (κ3) is 4.55. The van der Waals surface area contributed by atoms with Crippen molar-refractivity contribution in [3.63, 3.8) is 0 Å². The lowest BCUT2D eigenvalue weighted by atomic mass is 10.2. The van der Waals surface area contributed by atoms with Gasteiger partial charge in [0.2, 0.25) is 0 Å². The fourth-order valence-corrected chi connectivity index (χ4v) is 2.17. The maximum atomic E-state index is 12.0. The molecule has 0 radical (unpaired) electrons. The molecule has 0 spiro atoms. The molecular formula is C15H14Cl2N2O2. The van der Waals surface area contributed by atoms with Crippen LogP contribution in [0.1, 0.15) is 6.92 Å². The van der Waals surface area contributed by atoms with Crippen LogP contribution in [0.4, 0.5) is 11.4 Å². The standard InChI is InChI=1S/C15H14Cl2N2O2/c1-9(21-14-7-10(16)6-11(17)8-14)15(20)19-13-4-2-12(18)3-5-13/h2-9H,18H2,1H3,(H,19,20). The molecule has 0 aliphatic heterocycles. The van der Waals surface area contributed by atoms with E-state index in [0.29, 0.717) is 27.2 Å². The molecule has 0 aromatic heterocycles. The average Bonchev–Trinajstić information content (AvgIpc) is 2.40. The number of nitrogens with two attached hydrogens (primary N) is 1. The number of amides is 1. The third-order valence-electron chi connectivity index (χ3n) is 2.70. The Morgan fingerprint density at radius 1 is 1.14 bits per heavy atom. The highest BCUT2D eigenvalue weighted by molar-refractivity contribution is 6.34. The molecule has 2 aromatic rings. The van der Waals surface area contributed by atoms with Gasteiger partial charge in [-0.1, -0.05) is 23.2 Å². The molecule has 2 aromatic carbocycles. The smallest absolute Gasteiger partial charge is 0.265 e. The van der Waals surface area contributed by atoms with Crippen LogP contribution < -0.4 is 15.8 Å². The summed E-state index contributed by atoms with van der Waals surface area (Å²) in [5.41, 5.74) is 6.86. The lowest BCUT2D eigenvalue weighted by molar-refractivity contribution is -0.122. The van der Waals surface area contributed by atoms with Crippen LogP contribution in [0.25, 0.3) is 0 Å². The van der Waals surface area contributed by atoms with Crippen molar-refractivity contribution in [3.05, 3.63) is 52.5 Å². The van der Waals surface area contributed by atoms with Crippen LogP contribution in [0, 0.1) is 0 Å². The quantitative estimate of drug-likeness (QED) is 0.836. The molecule has 3 N–H and O–H groups in total. The Hall–Kier alpha value is -1.91. The van der Waals surface area contributed by atoms with Crippen molar-refractivity contribution in [2.75, 3.05) is 11.1 Å². The average molecular weight is 325 g/mol. The molecule has 21 heavy (non-hydrogen) atoms. The zero-order chi connectivity index (χ0) is 15.4. The van der Waals surface area contributed by atoms with Crippen molar-refractivity contribution in [2.45, 2.75) is 13.0 Å². The van der Waals surface area contributed by atoms with E-state index >= 15 is 0 Å². The maximum Gasteiger partial charge on any atom is 0.265 e. The summed E-state index contributed by atoms with van der Waals surface area (Å²) in [6.45, 7) is 1.64. The van der Waals surface area contributed by atoms with Gasteiger partial charge >= 0.3 is 0 Å². The molecule has 0 saturated carbocycles. The molecule has 0 aliphatic carbocycles. The summed E-state index contributed by atoms with van der Waals surface area (Å²) in [4.78, 5) is 12.0. The zero-order valence-corrected chi connectivity index (χ0v) is 12.8. The monoisotopic (exact) mass is 324 g/mol. The van der Waals surface area contributed by atoms with Crippen molar-refractivity contribution < 1.29 is 9.53 Å². The molecule has 0 heterocycles. The van der Waals surface area contributed by atoms with Gasteiger partial charge in [0, 0.05) is 21.4 Å². The number of carbonyl (C=O) groups excluding carboxylic acids is 1. The maximum absolute atomic E-state index is 12.0. The second-order valence-corrected chi connectivity index (χ2v) is 5.35. The third-order valence-corrected chi connectivity index (χ3v) is 3.13. The van der Waals surface area contributed by atoms with Gasteiger partial charge in [-0.2, -0.15) is 0 Å². The van der Waals surface area contributed by atoms with Gasteiger partial charge in [0.15, 0.2) is 6.10 Å². The molecule has 0 saturated heterocycles. The molecule has 110 valence electrons. The molecule has 1 atom stereocenters. The van der Waals surface area contributed by atoms with Crippen molar-refractivity contribution in [2.24, 2.45) is 0 Å². The normalized spacial score (nSPS) is 11.8. The Labute approximate surface area is 132 Å². The predicted molar refractivity (Wildman–Crippen MR) is 86.0 cm³/mol. The number of halogens is 2. The van der Waals surface area contributed by atoms with Crippen LogP contribution in [0.5, 0.6) is 5.75 Å². The molecular weight excluding hydrogens is 311 g/mol. The lowest BCUT2D eigenvalue weighted by Crippen LogP contribution is -2.30. The molecule has 1 unspecified atom stereocenters. The van der Waals surface area contributed by atoms with Crippen molar-refractivity contribution >= 4 is 40.5 Å². The topological polar surface area (TPSA) is 64.3 Å². The summed E-state index contributed by atoms with van der Waals surface area (Å²) in [6.07, 6.45) is -0.697. The van der Waals surface area contributed by atoms with Gasteiger partial charge in [-0.15, -0.1) is 0 Å². The summed E-state index contributed by atoms with van der Waals surface area (Å²) >= 11 is 11.8. The minimum absolute atomic E-state index is 0.282. The van der Waals surface area contributed by atoms with Crippen LogP contribution in [0.3, 0.4) is 0 Å². The van der Waals surface area contributed by atoms with E-state index in [4.69, 9.17) is 33.7 Å². The van der Waals surface area contributed by atoms with E-state index in [1.165, 1.54) is 0 Å². The minimum atomic E-state index is -0.697. The number of anilines is 2. The van der Waals surface area contributed by atoms with Crippen LogP contribution in [-0.2, 0) is 4.79 Å². The van der Waals surface area contributed by atoms with Crippen LogP contribution in [0.15, 0.2) is 42.5 Å². The second-order valence-electron chi connectivity index (χ2n) is 4.48. The summed E-state index contributed by atoms with van der Waals surface area (Å²) in [6, 6.07) is 11.6. The van der Waals surface area contributed by atoms with Gasteiger partial charge in [-0.3, -0.25) is 4.79 Å². The fourth-order valence-electron chi connectivity index (χ4n) is 1.66. The van der Waals surface area contributed by atoms with Crippen LogP contribution in [0.2, 0.25) is 10.0 Å². The van der Waals surface area contributed by atoms with Crippen molar-refractivity contribution in [1.29, 1.82) is 0 Å². The molecule has 2 rings (SSSR count). The number of nitrogens with one attached hydrogen (secondary N) is 1. The van der Waals surface area contributed by atoms with Gasteiger partial charge in [0.1, 0.15) is 5.75 Å². The second kappa shape index (κ2) is 6.70. The summed E-state index contributed by atoms with van der Waals surface area (Å²) in [7, 11) is 0. The van der Waals surface area contributed by atoms with Crippen LogP contribution in [-0.4, -0.2) is 12.0 Å². The minimum Gasteiger partial charge on any atom is -0.481 e. The Bertz CT molecular complexity index is 624. The number of nitrogen functional groups attached to an aromatic ring is 1. The van der Waals surface area contributed by atoms with E-state index in [-0.39, 0.29) is 5.91 Å². The highest BCUT2D eigenvalue weighted by Crippen LogP contribution is 2.25. The lowest BCUT2D eigenvalue weighted by Gasteiger charge is -2.15. The first kappa shape index (κ1) is 15.5. The Kier molecular flexibility index (Phi) is 4.94. The van der Waals surface area contributed by atoms with Crippen LogP contribution >= 0.6 is 23.2 Å². The van der Waals surface area contributed by atoms with E-state index in [2.05, 4.69) is 5.32 Å². The van der Waals surface area contributed by atoms with Gasteiger partial charge in [0.05, 0.1) is 0 Å². The van der Waals surface area contributed by atoms with E-state index in [0.717, 1.165) is 0 Å². The Morgan fingerprint density at radius 3 is 2.29 bits per heavy atom. The fraction of sp³-hybridized carbons (Fsp3) is 0.133. The first-order valence-electron chi connectivity index (χ1n) is 6.23. The first-order chi connectivity index (χ1) is 9.94. The Balaban J connectivity index is 2.00. The number of benzene rings is 2. The molecule has 6 heteroatoms. The number of rotatable bonds is 4. The van der Waals surface area contributed by atoms with Crippen molar-refractivity contribution in [3.8, 4) is 5.75 Å². The van der Waals surface area contributed by atoms with E-state index in [1.54, 1.807) is 49.4 Å². The van der Waals surface area contributed by atoms with Gasteiger partial charge in [-0.05, 0) is 49.4 Å². The van der Waals surface area contributed by atoms with Gasteiger partial charge in [0.25, 0.3) is 5.91 Å². The molecule has 4 nitrogen and oxygen atoms in total. The number of hydrogen-bond acceptors (Lipinski definition) is 3. The molecule has 0 aliphatic rings. The van der Waals surface area contributed by atoms with Gasteiger partial charge in [-0.25, -0.2) is 0 Å². The number of ether oxygens (including phenoxy) is 1. The molecule has 0 fully saturated rings. The van der Waals surface area contributed by atoms with E-state index in [9.17, 15) is 4.79 Å². The SMILES string of the molecule is CC(Oc1cc(Cl)cc(Cl)c1)C(=O)Nc1ccc(N)cc1. The Morgan fingerprint density at radius 2 is 1.71 bits per heavy atom. The predicted octanol–water partition coefficient (Wildman–Crippen LogP) is 3.98. The first-order valence-corrected chi connectivity index (χ1v) is 6.99. The van der Waals surface area contributed by atoms with E-state index in [1.807, 2.05) is 0 Å².